The monoisotopic (exact) mass is 243 g/mol. The van der Waals surface area contributed by atoms with E-state index in [-0.39, 0.29) is 0 Å². The van der Waals surface area contributed by atoms with E-state index in [1.165, 1.54) is 0 Å². The molecule has 0 bridgehead atoms. The largest absolute Gasteiger partial charge is 0.496 e. The Hall–Kier alpha value is -2.34. The zero-order valence-corrected chi connectivity index (χ0v) is 9.92. The number of nitrogens with one attached hydrogen (secondary N) is 1. The van der Waals surface area contributed by atoms with Crippen LogP contribution in [0.25, 0.3) is 17.2 Å². The van der Waals surface area contributed by atoms with Gasteiger partial charge in [0.05, 0.1) is 24.6 Å². The Morgan fingerprint density at radius 1 is 1.33 bits per heavy atom. The van der Waals surface area contributed by atoms with Gasteiger partial charge in [0.1, 0.15) is 5.75 Å². The lowest BCUT2D eigenvalue weighted by Gasteiger charge is -2.04. The SMILES string of the molecule is COc1ccccc1-c1nc2nc(CN)cn2[nH]1. The van der Waals surface area contributed by atoms with Crippen molar-refractivity contribution in [3.05, 3.63) is 36.2 Å². The predicted octanol–water partition coefficient (Wildman–Crippen LogP) is 1.19. The Labute approximate surface area is 103 Å². The van der Waals surface area contributed by atoms with Gasteiger partial charge in [0.25, 0.3) is 5.78 Å². The number of nitrogens with two attached hydrogens (primary N) is 1. The second-order valence-corrected chi connectivity index (χ2v) is 3.88. The van der Waals surface area contributed by atoms with E-state index in [9.17, 15) is 0 Å². The van der Waals surface area contributed by atoms with Gasteiger partial charge >= 0.3 is 0 Å². The summed E-state index contributed by atoms with van der Waals surface area (Å²) >= 11 is 0. The molecule has 2 heterocycles. The van der Waals surface area contributed by atoms with Crippen molar-refractivity contribution in [1.29, 1.82) is 0 Å². The molecule has 92 valence electrons. The van der Waals surface area contributed by atoms with E-state index in [0.717, 1.165) is 22.8 Å². The number of hydrogen-bond acceptors (Lipinski definition) is 4. The molecule has 3 aromatic rings. The summed E-state index contributed by atoms with van der Waals surface area (Å²) in [5, 5.41) is 3.15. The smallest absolute Gasteiger partial charge is 0.251 e. The molecule has 3 rings (SSSR count). The minimum absolute atomic E-state index is 0.404. The van der Waals surface area contributed by atoms with Crippen LogP contribution >= 0.6 is 0 Å². The molecule has 2 aromatic heterocycles. The lowest BCUT2D eigenvalue weighted by Crippen LogP contribution is -1.96. The van der Waals surface area contributed by atoms with Crippen LogP contribution in [0.4, 0.5) is 0 Å². The van der Waals surface area contributed by atoms with E-state index in [0.29, 0.717) is 12.3 Å². The number of aromatic amines is 1. The van der Waals surface area contributed by atoms with Crippen molar-refractivity contribution >= 4 is 5.78 Å². The zero-order valence-electron chi connectivity index (χ0n) is 9.92. The van der Waals surface area contributed by atoms with Gasteiger partial charge < -0.3 is 10.5 Å². The first kappa shape index (κ1) is 10.8. The van der Waals surface area contributed by atoms with E-state index < -0.39 is 0 Å². The molecule has 6 nitrogen and oxygen atoms in total. The number of rotatable bonds is 3. The number of ether oxygens (including phenoxy) is 1. The summed E-state index contributed by atoms with van der Waals surface area (Å²) < 4.78 is 7.06. The number of para-hydroxylation sites is 1. The number of imidazole rings is 1. The molecule has 0 spiro atoms. The molecule has 18 heavy (non-hydrogen) atoms. The molecule has 0 unspecified atom stereocenters. The maximum Gasteiger partial charge on any atom is 0.251 e. The van der Waals surface area contributed by atoms with Gasteiger partial charge in [-0.15, -0.1) is 0 Å². The highest BCUT2D eigenvalue weighted by molar-refractivity contribution is 5.65. The summed E-state index contributed by atoms with van der Waals surface area (Å²) in [7, 11) is 1.64. The van der Waals surface area contributed by atoms with Gasteiger partial charge in [0.15, 0.2) is 5.82 Å². The molecule has 0 atom stereocenters. The van der Waals surface area contributed by atoms with Gasteiger partial charge in [-0.1, -0.05) is 12.1 Å². The molecule has 1 aromatic carbocycles. The Balaban J connectivity index is 2.11. The highest BCUT2D eigenvalue weighted by Gasteiger charge is 2.11. The molecule has 3 N–H and O–H groups in total. The molecule has 0 radical (unpaired) electrons. The van der Waals surface area contributed by atoms with E-state index in [4.69, 9.17) is 10.5 Å². The molecule has 0 saturated carbocycles. The van der Waals surface area contributed by atoms with Crippen LogP contribution in [0.5, 0.6) is 5.75 Å². The first-order chi connectivity index (χ1) is 8.81. The highest BCUT2D eigenvalue weighted by atomic mass is 16.5. The molecule has 0 aliphatic rings. The maximum absolute atomic E-state index is 5.53. The summed E-state index contributed by atoms with van der Waals surface area (Å²) in [5.41, 5.74) is 7.24. The first-order valence-electron chi connectivity index (χ1n) is 5.59. The Kier molecular flexibility index (Phi) is 2.49. The molecule has 6 heteroatoms. The standard InChI is InChI=1S/C12H13N5O/c1-18-10-5-3-2-4-9(10)11-15-12-14-8(6-13)7-17(12)16-11/h2-5,7H,6,13H2,1H3,(H,14,15,16). The molecule has 0 fully saturated rings. The lowest BCUT2D eigenvalue weighted by atomic mass is 10.2. The van der Waals surface area contributed by atoms with Gasteiger partial charge in [-0.25, -0.2) is 9.50 Å². The molecule has 0 amide bonds. The number of aromatic nitrogens is 4. The van der Waals surface area contributed by atoms with Gasteiger partial charge in [0, 0.05) is 6.54 Å². The van der Waals surface area contributed by atoms with Crippen LogP contribution < -0.4 is 10.5 Å². The van der Waals surface area contributed by atoms with Crippen molar-refractivity contribution < 1.29 is 4.74 Å². The highest BCUT2D eigenvalue weighted by Crippen LogP contribution is 2.27. The van der Waals surface area contributed by atoms with Crippen molar-refractivity contribution in [3.8, 4) is 17.1 Å². The quantitative estimate of drug-likeness (QED) is 0.724. The number of fused-ring (bicyclic) bond motifs is 1. The second kappa shape index (κ2) is 4.15. The average Bonchev–Trinajstić information content (AvgIpc) is 2.96. The number of nitrogens with zero attached hydrogens (tertiary/aromatic N) is 3. The van der Waals surface area contributed by atoms with Crippen molar-refractivity contribution in [2.24, 2.45) is 5.73 Å². The molecular formula is C12H13N5O. The van der Waals surface area contributed by atoms with Gasteiger partial charge in [-0.2, -0.15) is 4.98 Å². The predicted molar refractivity (Wildman–Crippen MR) is 67.2 cm³/mol. The van der Waals surface area contributed by atoms with Crippen LogP contribution in [0.1, 0.15) is 5.69 Å². The van der Waals surface area contributed by atoms with E-state index in [2.05, 4.69) is 15.1 Å². The van der Waals surface area contributed by atoms with E-state index >= 15 is 0 Å². The maximum atomic E-state index is 5.53. The fraction of sp³-hybridized carbons (Fsp3) is 0.167. The summed E-state index contributed by atoms with van der Waals surface area (Å²) in [6.07, 6.45) is 1.83. The van der Waals surface area contributed by atoms with Gasteiger partial charge in [-0.05, 0) is 12.1 Å². The van der Waals surface area contributed by atoms with Crippen LogP contribution in [-0.4, -0.2) is 26.7 Å². The topological polar surface area (TPSA) is 81.2 Å². The van der Waals surface area contributed by atoms with Crippen molar-refractivity contribution in [1.82, 2.24) is 19.6 Å². The third-order valence-corrected chi connectivity index (χ3v) is 2.75. The van der Waals surface area contributed by atoms with Crippen LogP contribution in [0.3, 0.4) is 0 Å². The van der Waals surface area contributed by atoms with Crippen molar-refractivity contribution in [2.75, 3.05) is 7.11 Å². The third-order valence-electron chi connectivity index (χ3n) is 2.75. The normalized spacial score (nSPS) is 11.0. The van der Waals surface area contributed by atoms with Crippen LogP contribution in [-0.2, 0) is 6.54 Å². The summed E-state index contributed by atoms with van der Waals surface area (Å²) in [5.74, 6) is 2.10. The number of benzene rings is 1. The summed E-state index contributed by atoms with van der Waals surface area (Å²) in [6, 6.07) is 7.70. The third kappa shape index (κ3) is 1.63. The summed E-state index contributed by atoms with van der Waals surface area (Å²) in [6.45, 7) is 0.404. The van der Waals surface area contributed by atoms with Crippen LogP contribution in [0.15, 0.2) is 30.5 Å². The average molecular weight is 243 g/mol. The van der Waals surface area contributed by atoms with Gasteiger partial charge in [-0.3, -0.25) is 5.10 Å². The van der Waals surface area contributed by atoms with Crippen molar-refractivity contribution in [3.63, 3.8) is 0 Å². The number of H-pyrrole nitrogens is 1. The Bertz CT molecular complexity index is 653. The zero-order chi connectivity index (χ0) is 12.5. The Morgan fingerprint density at radius 3 is 2.89 bits per heavy atom. The fourth-order valence-electron chi connectivity index (χ4n) is 1.88. The molecular weight excluding hydrogens is 230 g/mol. The fourth-order valence-corrected chi connectivity index (χ4v) is 1.88. The molecule has 0 aliphatic heterocycles. The van der Waals surface area contributed by atoms with Crippen molar-refractivity contribution in [2.45, 2.75) is 6.54 Å². The minimum Gasteiger partial charge on any atom is -0.496 e. The molecule has 0 saturated heterocycles. The van der Waals surface area contributed by atoms with Gasteiger partial charge in [0.2, 0.25) is 0 Å². The van der Waals surface area contributed by atoms with E-state index in [1.807, 2.05) is 30.5 Å². The second-order valence-electron chi connectivity index (χ2n) is 3.88. The number of hydrogen-bond donors (Lipinski definition) is 2. The minimum atomic E-state index is 0.404. The summed E-state index contributed by atoms with van der Waals surface area (Å²) in [4.78, 5) is 8.71. The molecule has 0 aliphatic carbocycles. The lowest BCUT2D eigenvalue weighted by molar-refractivity contribution is 0.416. The number of methoxy groups -OCH3 is 1. The Morgan fingerprint density at radius 2 is 2.17 bits per heavy atom. The van der Waals surface area contributed by atoms with Crippen LogP contribution in [0, 0.1) is 0 Å². The van der Waals surface area contributed by atoms with E-state index in [1.54, 1.807) is 11.6 Å². The van der Waals surface area contributed by atoms with Crippen LogP contribution in [0.2, 0.25) is 0 Å². The first-order valence-corrected chi connectivity index (χ1v) is 5.59.